The van der Waals surface area contributed by atoms with E-state index in [1.807, 2.05) is 6.08 Å². The predicted octanol–water partition coefficient (Wildman–Crippen LogP) is 2.55. The van der Waals surface area contributed by atoms with E-state index in [2.05, 4.69) is 0 Å². The van der Waals surface area contributed by atoms with Crippen molar-refractivity contribution < 1.29 is 34.2 Å². The number of phenolic OH excluding ortho intramolecular Hbond substituents is 1. The number of nitrogens with zero attached hydrogens (tertiary/aromatic N) is 1. The third-order valence-corrected chi connectivity index (χ3v) is 8.17. The van der Waals surface area contributed by atoms with Crippen LogP contribution in [-0.2, 0) is 19.2 Å². The van der Waals surface area contributed by atoms with Gasteiger partial charge in [0, 0.05) is 17.4 Å². The van der Waals surface area contributed by atoms with Crippen LogP contribution in [-0.4, -0.2) is 45.9 Å². The van der Waals surface area contributed by atoms with E-state index in [9.17, 15) is 29.5 Å². The number of hydrogen-bond donors (Lipinski definition) is 2. The molecular formula is C25H25NO7. The average Bonchev–Trinajstić information content (AvgIpc) is 3.01. The van der Waals surface area contributed by atoms with Gasteiger partial charge in [-0.1, -0.05) is 24.6 Å². The first kappa shape index (κ1) is 21.6. The number of fused-ring (bicyclic) bond motifs is 4. The van der Waals surface area contributed by atoms with Gasteiger partial charge in [0.25, 0.3) is 11.8 Å². The highest BCUT2D eigenvalue weighted by Crippen LogP contribution is 2.64. The molecular weight excluding hydrogens is 426 g/mol. The van der Waals surface area contributed by atoms with Crippen LogP contribution in [0.5, 0.6) is 11.5 Å². The maximum atomic E-state index is 13.7. The van der Waals surface area contributed by atoms with E-state index in [0.717, 1.165) is 5.57 Å². The van der Waals surface area contributed by atoms with Crippen molar-refractivity contribution in [3.8, 4) is 11.5 Å². The zero-order valence-electron chi connectivity index (χ0n) is 18.6. The average molecular weight is 451 g/mol. The van der Waals surface area contributed by atoms with Crippen LogP contribution in [0, 0.1) is 29.1 Å². The number of aromatic hydroxyl groups is 1. The quantitative estimate of drug-likeness (QED) is 0.403. The van der Waals surface area contributed by atoms with E-state index < -0.39 is 46.8 Å². The maximum absolute atomic E-state index is 13.7. The molecule has 1 saturated carbocycles. The second-order valence-corrected chi connectivity index (χ2v) is 9.62. The molecule has 33 heavy (non-hydrogen) atoms. The Morgan fingerprint density at radius 1 is 1.12 bits per heavy atom. The van der Waals surface area contributed by atoms with E-state index in [4.69, 9.17) is 4.74 Å². The smallest absolute Gasteiger partial charge is 0.257 e. The SMILES string of the molecule is COc1cccc(O)c1[C@H]1C2=CC[C@@H]3C(=O)N(O)C(=O)[C@@H]3[C@@H]2C[C@H]2C(=O)C=C(C)C(=O)[C@@]12C. The fraction of sp³-hybridized carbons (Fsp3) is 0.440. The number of hydrogen-bond acceptors (Lipinski definition) is 7. The lowest BCUT2D eigenvalue weighted by Crippen LogP contribution is -2.54. The molecule has 8 heteroatoms. The van der Waals surface area contributed by atoms with Gasteiger partial charge >= 0.3 is 0 Å². The minimum absolute atomic E-state index is 0.0759. The van der Waals surface area contributed by atoms with Gasteiger partial charge < -0.3 is 9.84 Å². The van der Waals surface area contributed by atoms with Crippen molar-refractivity contribution in [3.63, 3.8) is 0 Å². The lowest BCUT2D eigenvalue weighted by atomic mass is 9.47. The van der Waals surface area contributed by atoms with E-state index >= 15 is 0 Å². The standard InChI is InChI=1S/C25H25NO7/c1-11-9-17(28)15-10-14-12(7-8-13-19(14)24(31)26(32)23(13)30)21(25(15,2)22(11)29)20-16(27)5-4-6-18(20)33-3/h4-7,9,13-15,19,21,27,32H,8,10H2,1-3H3/t13-,14+,15-,19-,21+,25+/m0/s1. The number of phenols is 1. The van der Waals surface area contributed by atoms with Crippen molar-refractivity contribution in [2.75, 3.05) is 7.11 Å². The second-order valence-electron chi connectivity index (χ2n) is 9.62. The number of hydroxylamine groups is 2. The van der Waals surface area contributed by atoms with Gasteiger partial charge in [0.15, 0.2) is 11.6 Å². The van der Waals surface area contributed by atoms with Crippen LogP contribution in [0.3, 0.4) is 0 Å². The topological polar surface area (TPSA) is 121 Å². The van der Waals surface area contributed by atoms with Crippen LogP contribution in [0.15, 0.2) is 41.5 Å². The monoisotopic (exact) mass is 451 g/mol. The summed E-state index contributed by atoms with van der Waals surface area (Å²) < 4.78 is 5.55. The zero-order valence-corrected chi connectivity index (χ0v) is 18.6. The van der Waals surface area contributed by atoms with Crippen molar-refractivity contribution in [2.24, 2.45) is 29.1 Å². The van der Waals surface area contributed by atoms with E-state index in [1.54, 1.807) is 26.0 Å². The summed E-state index contributed by atoms with van der Waals surface area (Å²) >= 11 is 0. The maximum Gasteiger partial charge on any atom is 0.257 e. The molecule has 3 aliphatic carbocycles. The highest BCUT2D eigenvalue weighted by atomic mass is 16.5. The highest BCUT2D eigenvalue weighted by Gasteiger charge is 2.64. The molecule has 2 N–H and O–H groups in total. The lowest BCUT2D eigenvalue weighted by molar-refractivity contribution is -0.173. The number of carbonyl (C=O) groups is 4. The number of rotatable bonds is 2. The second kappa shape index (κ2) is 7.12. The van der Waals surface area contributed by atoms with Gasteiger partial charge in [0.05, 0.1) is 24.4 Å². The van der Waals surface area contributed by atoms with E-state index in [0.29, 0.717) is 16.9 Å². The molecule has 2 amide bonds. The Hall–Kier alpha value is -3.26. The summed E-state index contributed by atoms with van der Waals surface area (Å²) in [6, 6.07) is 4.81. The molecule has 5 rings (SSSR count). The summed E-state index contributed by atoms with van der Waals surface area (Å²) in [7, 11) is 1.46. The van der Waals surface area contributed by atoms with Gasteiger partial charge in [-0.05, 0) is 49.5 Å². The molecule has 1 aliphatic heterocycles. The number of benzene rings is 1. The van der Waals surface area contributed by atoms with E-state index in [1.165, 1.54) is 19.3 Å². The Balaban J connectivity index is 1.78. The third kappa shape index (κ3) is 2.67. The van der Waals surface area contributed by atoms with Crippen molar-refractivity contribution >= 4 is 23.4 Å². The number of Topliss-reactive ketones (excluding diaryl/α,β-unsaturated/α-hetero) is 1. The van der Waals surface area contributed by atoms with Gasteiger partial charge in [-0.25, -0.2) is 0 Å². The largest absolute Gasteiger partial charge is 0.508 e. The predicted molar refractivity (Wildman–Crippen MR) is 114 cm³/mol. The molecule has 2 fully saturated rings. The Morgan fingerprint density at radius 2 is 1.85 bits per heavy atom. The molecule has 0 unspecified atom stereocenters. The van der Waals surface area contributed by atoms with Crippen molar-refractivity contribution in [1.82, 2.24) is 5.06 Å². The molecule has 0 spiro atoms. The first-order valence-electron chi connectivity index (χ1n) is 11.0. The van der Waals surface area contributed by atoms with Crippen molar-refractivity contribution in [2.45, 2.75) is 32.6 Å². The fourth-order valence-electron chi connectivity index (χ4n) is 6.69. The van der Waals surface area contributed by atoms with Crippen LogP contribution < -0.4 is 4.74 Å². The number of allylic oxidation sites excluding steroid dienone is 4. The first-order valence-corrected chi connectivity index (χ1v) is 11.0. The Bertz CT molecular complexity index is 1180. The molecule has 1 heterocycles. The molecule has 0 bridgehead atoms. The third-order valence-electron chi connectivity index (χ3n) is 8.17. The summed E-state index contributed by atoms with van der Waals surface area (Å²) in [6.07, 6.45) is 3.63. The fourth-order valence-corrected chi connectivity index (χ4v) is 6.69. The number of ketones is 2. The summed E-state index contributed by atoms with van der Waals surface area (Å²) in [5, 5.41) is 21.1. The highest BCUT2D eigenvalue weighted by molar-refractivity contribution is 6.13. The normalized spacial score (nSPS) is 35.5. The summed E-state index contributed by atoms with van der Waals surface area (Å²) in [4.78, 5) is 52.2. The van der Waals surface area contributed by atoms with Gasteiger partial charge in [0.1, 0.15) is 11.5 Å². The number of ether oxygens (including phenoxy) is 1. The molecule has 0 aromatic heterocycles. The zero-order chi connectivity index (χ0) is 23.8. The number of carbonyl (C=O) groups excluding carboxylic acids is 4. The molecule has 8 nitrogen and oxygen atoms in total. The molecule has 1 aromatic rings. The Morgan fingerprint density at radius 3 is 2.55 bits per heavy atom. The molecule has 0 radical (unpaired) electrons. The number of amides is 2. The van der Waals surface area contributed by atoms with Gasteiger partial charge in [-0.3, -0.25) is 24.4 Å². The summed E-state index contributed by atoms with van der Waals surface area (Å²) in [6.45, 7) is 3.36. The van der Waals surface area contributed by atoms with Gasteiger partial charge in [-0.2, -0.15) is 5.06 Å². The molecule has 4 aliphatic rings. The van der Waals surface area contributed by atoms with Crippen molar-refractivity contribution in [3.05, 3.63) is 47.1 Å². The van der Waals surface area contributed by atoms with Crippen LogP contribution in [0.1, 0.15) is 38.2 Å². The van der Waals surface area contributed by atoms with Crippen LogP contribution in [0.25, 0.3) is 0 Å². The molecule has 6 atom stereocenters. The van der Waals surface area contributed by atoms with Crippen LogP contribution in [0.4, 0.5) is 0 Å². The Kier molecular flexibility index (Phi) is 4.65. The van der Waals surface area contributed by atoms with Crippen molar-refractivity contribution in [1.29, 1.82) is 0 Å². The van der Waals surface area contributed by atoms with Gasteiger partial charge in [-0.15, -0.1) is 0 Å². The summed E-state index contributed by atoms with van der Waals surface area (Å²) in [5.74, 6) is -5.00. The number of methoxy groups -OCH3 is 1. The Labute approximate surface area is 190 Å². The molecule has 1 saturated heterocycles. The minimum atomic E-state index is -1.21. The molecule has 172 valence electrons. The first-order chi connectivity index (χ1) is 15.6. The van der Waals surface area contributed by atoms with Gasteiger partial charge in [0.2, 0.25) is 0 Å². The van der Waals surface area contributed by atoms with E-state index in [-0.39, 0.29) is 35.2 Å². The molecule has 1 aromatic carbocycles. The van der Waals surface area contributed by atoms with Crippen LogP contribution >= 0.6 is 0 Å². The van der Waals surface area contributed by atoms with Crippen LogP contribution in [0.2, 0.25) is 0 Å². The lowest BCUT2D eigenvalue weighted by Gasteiger charge is -2.53. The minimum Gasteiger partial charge on any atom is -0.508 e. The number of imide groups is 1. The summed E-state index contributed by atoms with van der Waals surface area (Å²) in [5.41, 5.74) is 0.249.